The lowest BCUT2D eigenvalue weighted by Crippen LogP contribution is -1.99. The molecule has 1 N–H and O–H groups in total. The Morgan fingerprint density at radius 3 is 2.90 bits per heavy atom. The molecule has 0 amide bonds. The molecule has 2 heterocycles. The zero-order chi connectivity index (χ0) is 14.7. The molecule has 0 fully saturated rings. The van der Waals surface area contributed by atoms with Gasteiger partial charge >= 0.3 is 11.7 Å². The van der Waals surface area contributed by atoms with Crippen molar-refractivity contribution in [2.45, 2.75) is 22.7 Å². The molecule has 0 unspecified atom stereocenters. The maximum Gasteiger partial charge on any atom is 0.309 e. The van der Waals surface area contributed by atoms with Crippen molar-refractivity contribution in [1.82, 2.24) is 9.97 Å². The lowest BCUT2D eigenvalue weighted by atomic mass is 10.3. The molecule has 20 heavy (non-hydrogen) atoms. The first-order chi connectivity index (χ1) is 9.45. The fraction of sp³-hybridized carbons (Fsp3) is 0.182. The predicted molar refractivity (Wildman–Crippen MR) is 73.2 cm³/mol. The van der Waals surface area contributed by atoms with Gasteiger partial charge in [0.2, 0.25) is 0 Å². The van der Waals surface area contributed by atoms with Crippen LogP contribution in [0.2, 0.25) is 0 Å². The van der Waals surface area contributed by atoms with E-state index in [2.05, 4.69) is 9.97 Å². The average Bonchev–Trinajstić information content (AvgIpc) is 2.75. The Hall–Kier alpha value is -2.00. The van der Waals surface area contributed by atoms with Crippen molar-refractivity contribution in [2.75, 3.05) is 0 Å². The van der Waals surface area contributed by atoms with Crippen molar-refractivity contribution in [3.63, 3.8) is 0 Å². The molecular weight excluding hydrogens is 302 g/mol. The third kappa shape index (κ3) is 3.52. The Kier molecular flexibility index (Phi) is 4.30. The first-order valence-corrected chi connectivity index (χ1v) is 7.11. The van der Waals surface area contributed by atoms with Gasteiger partial charge in [-0.2, -0.15) is 0 Å². The van der Waals surface area contributed by atoms with Crippen LogP contribution in [0.5, 0.6) is 0 Å². The van der Waals surface area contributed by atoms with Gasteiger partial charge in [-0.15, -0.1) is 11.3 Å². The molecule has 0 aliphatic carbocycles. The number of carboxylic acid groups (broad SMARTS) is 1. The van der Waals surface area contributed by atoms with Gasteiger partial charge in [-0.05, 0) is 24.8 Å². The summed E-state index contributed by atoms with van der Waals surface area (Å²) in [5.41, 5.74) is 1.01. The van der Waals surface area contributed by atoms with Crippen LogP contribution in [-0.2, 0) is 11.2 Å². The molecule has 0 aliphatic heterocycles. The molecule has 2 rings (SSSR count). The number of nitro groups is 1. The molecule has 0 radical (unpaired) electrons. The van der Waals surface area contributed by atoms with Gasteiger partial charge in [0.05, 0.1) is 17.0 Å². The van der Waals surface area contributed by atoms with Crippen LogP contribution in [0.3, 0.4) is 0 Å². The summed E-state index contributed by atoms with van der Waals surface area (Å²) in [5, 5.41) is 21.5. The van der Waals surface area contributed by atoms with Gasteiger partial charge in [0, 0.05) is 17.1 Å². The van der Waals surface area contributed by atoms with Crippen molar-refractivity contribution in [2.24, 2.45) is 0 Å². The Labute approximate surface area is 121 Å². The van der Waals surface area contributed by atoms with Crippen LogP contribution < -0.4 is 0 Å². The van der Waals surface area contributed by atoms with E-state index in [0.29, 0.717) is 15.7 Å². The fourth-order valence-electron chi connectivity index (χ4n) is 1.39. The van der Waals surface area contributed by atoms with E-state index in [1.54, 1.807) is 18.4 Å². The van der Waals surface area contributed by atoms with Gasteiger partial charge < -0.3 is 5.11 Å². The van der Waals surface area contributed by atoms with Crippen LogP contribution in [0.1, 0.15) is 11.4 Å². The number of hydrogen-bond acceptors (Lipinski definition) is 7. The molecule has 7 nitrogen and oxygen atoms in total. The summed E-state index contributed by atoms with van der Waals surface area (Å²) < 4.78 is 0.530. The minimum absolute atomic E-state index is 0.0874. The zero-order valence-corrected chi connectivity index (χ0v) is 11.9. The molecule has 9 heteroatoms. The smallest absolute Gasteiger partial charge is 0.309 e. The molecule has 2 aromatic heterocycles. The van der Waals surface area contributed by atoms with E-state index in [1.165, 1.54) is 17.4 Å². The fourth-order valence-corrected chi connectivity index (χ4v) is 3.28. The molecule has 0 bridgehead atoms. The SMILES string of the molecule is Cc1ccc([N+](=O)[O-])c(Sc2nc(CC(=O)O)cs2)n1. The number of aromatic nitrogens is 2. The zero-order valence-electron chi connectivity index (χ0n) is 10.3. The summed E-state index contributed by atoms with van der Waals surface area (Å²) in [6.45, 7) is 1.74. The van der Waals surface area contributed by atoms with Crippen LogP contribution in [0.15, 0.2) is 26.9 Å². The van der Waals surface area contributed by atoms with Gasteiger partial charge in [-0.25, -0.2) is 9.97 Å². The molecule has 0 atom stereocenters. The van der Waals surface area contributed by atoms with Crippen LogP contribution >= 0.6 is 23.1 Å². The number of carboxylic acids is 1. The third-order valence-corrected chi connectivity index (χ3v) is 4.20. The predicted octanol–water partition coefficient (Wildman–Crippen LogP) is 2.53. The Bertz CT molecular complexity index is 671. The summed E-state index contributed by atoms with van der Waals surface area (Å²) in [4.78, 5) is 29.3. The van der Waals surface area contributed by atoms with Crippen LogP contribution in [0, 0.1) is 17.0 Å². The van der Waals surface area contributed by atoms with Gasteiger partial charge in [-0.1, -0.05) is 0 Å². The van der Waals surface area contributed by atoms with Crippen molar-refractivity contribution in [1.29, 1.82) is 0 Å². The minimum Gasteiger partial charge on any atom is -0.481 e. The maximum atomic E-state index is 10.9. The van der Waals surface area contributed by atoms with Crippen molar-refractivity contribution < 1.29 is 14.8 Å². The second-order valence-electron chi connectivity index (χ2n) is 3.81. The number of carbonyl (C=O) groups is 1. The standard InChI is InChI=1S/C11H9N3O4S2/c1-6-2-3-8(14(17)18)10(12-6)20-11-13-7(5-19-11)4-9(15)16/h2-3,5H,4H2,1H3,(H,15,16). The Morgan fingerprint density at radius 1 is 1.50 bits per heavy atom. The number of nitrogens with zero attached hydrogens (tertiary/aromatic N) is 3. The molecule has 0 spiro atoms. The molecule has 0 saturated heterocycles. The summed E-state index contributed by atoms with van der Waals surface area (Å²) in [6.07, 6.45) is -0.166. The third-order valence-electron chi connectivity index (χ3n) is 2.22. The molecule has 104 valence electrons. The van der Waals surface area contributed by atoms with Crippen molar-refractivity contribution in [3.8, 4) is 0 Å². The minimum atomic E-state index is -0.966. The number of thiazole rings is 1. The van der Waals surface area contributed by atoms with Gasteiger partial charge in [0.1, 0.15) is 0 Å². The van der Waals surface area contributed by atoms with E-state index in [-0.39, 0.29) is 17.1 Å². The van der Waals surface area contributed by atoms with Crippen molar-refractivity contribution >= 4 is 34.8 Å². The van der Waals surface area contributed by atoms with Gasteiger partial charge in [-0.3, -0.25) is 14.9 Å². The summed E-state index contributed by atoms with van der Waals surface area (Å²) in [5.74, 6) is -0.966. The maximum absolute atomic E-state index is 10.9. The van der Waals surface area contributed by atoms with Crippen LogP contribution in [0.25, 0.3) is 0 Å². The van der Waals surface area contributed by atoms with Gasteiger partial charge in [0.15, 0.2) is 9.37 Å². The summed E-state index contributed by atoms with van der Waals surface area (Å²) in [7, 11) is 0. The Morgan fingerprint density at radius 2 is 2.25 bits per heavy atom. The van der Waals surface area contributed by atoms with E-state index in [0.717, 1.165) is 11.8 Å². The highest BCUT2D eigenvalue weighted by Crippen LogP contribution is 2.34. The number of aliphatic carboxylic acids is 1. The summed E-state index contributed by atoms with van der Waals surface area (Å²) >= 11 is 2.30. The van der Waals surface area contributed by atoms with Crippen molar-refractivity contribution in [3.05, 3.63) is 39.0 Å². The number of aryl methyl sites for hydroxylation is 1. The summed E-state index contributed by atoms with van der Waals surface area (Å²) in [6, 6.07) is 2.97. The highest BCUT2D eigenvalue weighted by molar-refractivity contribution is 8.01. The van der Waals surface area contributed by atoms with Crippen LogP contribution in [0.4, 0.5) is 5.69 Å². The van der Waals surface area contributed by atoms with E-state index in [1.807, 2.05) is 0 Å². The quantitative estimate of drug-likeness (QED) is 0.668. The van der Waals surface area contributed by atoms with Crippen LogP contribution in [-0.4, -0.2) is 26.0 Å². The van der Waals surface area contributed by atoms with Gasteiger partial charge in [0.25, 0.3) is 0 Å². The second kappa shape index (κ2) is 5.97. The number of hydrogen-bond donors (Lipinski definition) is 1. The second-order valence-corrected chi connectivity index (χ2v) is 5.91. The van der Waals surface area contributed by atoms with E-state index < -0.39 is 10.9 Å². The first-order valence-electron chi connectivity index (χ1n) is 5.42. The molecule has 0 aliphatic rings. The lowest BCUT2D eigenvalue weighted by molar-refractivity contribution is -0.388. The number of pyridine rings is 1. The first kappa shape index (κ1) is 14.4. The highest BCUT2D eigenvalue weighted by atomic mass is 32.2. The molecule has 0 aromatic carbocycles. The monoisotopic (exact) mass is 311 g/mol. The van der Waals surface area contributed by atoms with E-state index in [4.69, 9.17) is 5.11 Å². The molecule has 2 aromatic rings. The van der Waals surface area contributed by atoms with E-state index >= 15 is 0 Å². The molecule has 0 saturated carbocycles. The normalized spacial score (nSPS) is 10.4. The van der Waals surface area contributed by atoms with E-state index in [9.17, 15) is 14.9 Å². The Balaban J connectivity index is 2.25. The average molecular weight is 311 g/mol. The lowest BCUT2D eigenvalue weighted by Gasteiger charge is -2.00. The highest BCUT2D eigenvalue weighted by Gasteiger charge is 2.18. The molecular formula is C11H9N3O4S2. The largest absolute Gasteiger partial charge is 0.481 e. The number of rotatable bonds is 5. The topological polar surface area (TPSA) is 106 Å².